The van der Waals surface area contributed by atoms with Crippen molar-refractivity contribution in [2.75, 3.05) is 26.4 Å². The second kappa shape index (κ2) is 10.6. The smallest absolute Gasteiger partial charge is 0.124 e. The fourth-order valence-corrected chi connectivity index (χ4v) is 2.22. The molecule has 0 saturated heterocycles. The van der Waals surface area contributed by atoms with Gasteiger partial charge in [-0.05, 0) is 31.4 Å². The van der Waals surface area contributed by atoms with Crippen LogP contribution in [0.4, 0.5) is 0 Å². The van der Waals surface area contributed by atoms with E-state index in [2.05, 4.69) is 45.1 Å². The van der Waals surface area contributed by atoms with Crippen LogP contribution in [0.1, 0.15) is 52.1 Å². The molecule has 1 N–H and O–H groups in total. The second-order valence-electron chi connectivity index (χ2n) is 5.77. The van der Waals surface area contributed by atoms with Crippen LogP contribution in [0.15, 0.2) is 24.3 Å². The van der Waals surface area contributed by atoms with Crippen LogP contribution in [-0.4, -0.2) is 26.4 Å². The molecule has 1 aromatic carbocycles. The van der Waals surface area contributed by atoms with Crippen LogP contribution in [0, 0.1) is 5.92 Å². The van der Waals surface area contributed by atoms with Gasteiger partial charge in [0.1, 0.15) is 12.4 Å². The van der Waals surface area contributed by atoms with E-state index in [-0.39, 0.29) is 0 Å². The Balaban J connectivity index is 2.53. The van der Waals surface area contributed by atoms with Crippen LogP contribution in [0.5, 0.6) is 5.75 Å². The Bertz CT molecular complexity index is 379. The van der Waals surface area contributed by atoms with Crippen molar-refractivity contribution in [2.45, 2.75) is 46.6 Å². The normalized spacial score (nSPS) is 12.6. The summed E-state index contributed by atoms with van der Waals surface area (Å²) in [6, 6.07) is 8.67. The van der Waals surface area contributed by atoms with Gasteiger partial charge in [0, 0.05) is 18.2 Å². The molecule has 0 amide bonds. The molecule has 0 aliphatic rings. The zero-order chi connectivity index (χ0) is 15.5. The van der Waals surface area contributed by atoms with Gasteiger partial charge in [0.2, 0.25) is 0 Å². The van der Waals surface area contributed by atoms with Gasteiger partial charge in [-0.1, -0.05) is 45.9 Å². The molecule has 3 nitrogen and oxygen atoms in total. The van der Waals surface area contributed by atoms with Crippen molar-refractivity contribution in [1.29, 1.82) is 0 Å². The molecule has 1 unspecified atom stereocenters. The van der Waals surface area contributed by atoms with Crippen molar-refractivity contribution in [3.05, 3.63) is 29.8 Å². The van der Waals surface area contributed by atoms with E-state index < -0.39 is 0 Å². The Morgan fingerprint density at radius 3 is 2.52 bits per heavy atom. The molecule has 0 aliphatic heterocycles. The first-order valence-corrected chi connectivity index (χ1v) is 8.21. The zero-order valence-corrected chi connectivity index (χ0v) is 14.0. The summed E-state index contributed by atoms with van der Waals surface area (Å²) in [4.78, 5) is 0. The standard InChI is InChI=1S/C18H31NO2/c1-5-11-19-17(6-2)16-9-7-8-10-18(16)21-13-12-20-14-15(3)4/h7-10,15,17,19H,5-6,11-14H2,1-4H3. The number of para-hydroxylation sites is 1. The summed E-state index contributed by atoms with van der Waals surface area (Å²) in [6.45, 7) is 11.8. The maximum Gasteiger partial charge on any atom is 0.124 e. The van der Waals surface area contributed by atoms with Gasteiger partial charge in [0.15, 0.2) is 0 Å². The molecule has 1 rings (SSSR count). The first-order valence-electron chi connectivity index (χ1n) is 8.21. The third kappa shape index (κ3) is 6.96. The Morgan fingerprint density at radius 2 is 1.86 bits per heavy atom. The lowest BCUT2D eigenvalue weighted by molar-refractivity contribution is 0.0814. The van der Waals surface area contributed by atoms with Crippen LogP contribution in [0.25, 0.3) is 0 Å². The third-order valence-electron chi connectivity index (χ3n) is 3.28. The van der Waals surface area contributed by atoms with Crippen molar-refractivity contribution in [1.82, 2.24) is 5.32 Å². The van der Waals surface area contributed by atoms with Crippen molar-refractivity contribution in [2.24, 2.45) is 5.92 Å². The molecule has 0 aromatic heterocycles. The van der Waals surface area contributed by atoms with Gasteiger partial charge in [-0.2, -0.15) is 0 Å². The topological polar surface area (TPSA) is 30.5 Å². The molecule has 0 fully saturated rings. The Labute approximate surface area is 130 Å². The SMILES string of the molecule is CCCNC(CC)c1ccccc1OCCOCC(C)C. The van der Waals surface area contributed by atoms with Gasteiger partial charge in [0.25, 0.3) is 0 Å². The van der Waals surface area contributed by atoms with E-state index in [1.54, 1.807) is 0 Å². The largest absolute Gasteiger partial charge is 0.491 e. The summed E-state index contributed by atoms with van der Waals surface area (Å²) in [7, 11) is 0. The number of hydrogen-bond acceptors (Lipinski definition) is 3. The molecular weight excluding hydrogens is 262 g/mol. The minimum Gasteiger partial charge on any atom is -0.491 e. The second-order valence-corrected chi connectivity index (χ2v) is 5.77. The molecule has 0 radical (unpaired) electrons. The Hall–Kier alpha value is -1.06. The summed E-state index contributed by atoms with van der Waals surface area (Å²) in [5.74, 6) is 1.54. The van der Waals surface area contributed by atoms with E-state index in [0.29, 0.717) is 25.2 Å². The van der Waals surface area contributed by atoms with Crippen molar-refractivity contribution in [3.8, 4) is 5.75 Å². The third-order valence-corrected chi connectivity index (χ3v) is 3.28. The zero-order valence-electron chi connectivity index (χ0n) is 14.0. The highest BCUT2D eigenvalue weighted by Gasteiger charge is 2.13. The lowest BCUT2D eigenvalue weighted by Crippen LogP contribution is -2.22. The van der Waals surface area contributed by atoms with E-state index in [0.717, 1.165) is 31.7 Å². The van der Waals surface area contributed by atoms with E-state index in [1.165, 1.54) is 5.56 Å². The summed E-state index contributed by atoms with van der Waals surface area (Å²) < 4.78 is 11.5. The fourth-order valence-electron chi connectivity index (χ4n) is 2.22. The van der Waals surface area contributed by atoms with Gasteiger partial charge < -0.3 is 14.8 Å². The lowest BCUT2D eigenvalue weighted by Gasteiger charge is -2.20. The highest BCUT2D eigenvalue weighted by Crippen LogP contribution is 2.27. The van der Waals surface area contributed by atoms with Crippen LogP contribution in [0.2, 0.25) is 0 Å². The van der Waals surface area contributed by atoms with Gasteiger partial charge >= 0.3 is 0 Å². The highest BCUT2D eigenvalue weighted by molar-refractivity contribution is 5.35. The number of ether oxygens (including phenoxy) is 2. The molecule has 0 saturated carbocycles. The maximum atomic E-state index is 5.92. The van der Waals surface area contributed by atoms with E-state index in [9.17, 15) is 0 Å². The molecule has 1 atom stereocenters. The number of hydrogen-bond donors (Lipinski definition) is 1. The summed E-state index contributed by atoms with van der Waals surface area (Å²) >= 11 is 0. The summed E-state index contributed by atoms with van der Waals surface area (Å²) in [5.41, 5.74) is 1.25. The van der Waals surface area contributed by atoms with E-state index in [4.69, 9.17) is 9.47 Å². The molecule has 0 heterocycles. The quantitative estimate of drug-likeness (QED) is 0.621. The molecular formula is C18H31NO2. The predicted octanol–water partition coefficient (Wildman–Crippen LogP) is 4.19. The molecule has 0 aliphatic carbocycles. The van der Waals surface area contributed by atoms with Gasteiger partial charge in [0.05, 0.1) is 6.61 Å². The fraction of sp³-hybridized carbons (Fsp3) is 0.667. The maximum absolute atomic E-state index is 5.92. The average molecular weight is 293 g/mol. The van der Waals surface area contributed by atoms with E-state index >= 15 is 0 Å². The first kappa shape index (κ1) is 18.0. The minimum absolute atomic E-state index is 0.359. The number of rotatable bonds is 11. The van der Waals surface area contributed by atoms with Crippen LogP contribution in [-0.2, 0) is 4.74 Å². The number of nitrogens with one attached hydrogen (secondary N) is 1. The highest BCUT2D eigenvalue weighted by atomic mass is 16.5. The summed E-state index contributed by atoms with van der Waals surface area (Å²) in [6.07, 6.45) is 2.20. The van der Waals surface area contributed by atoms with E-state index in [1.807, 2.05) is 12.1 Å². The molecule has 3 heteroatoms. The van der Waals surface area contributed by atoms with Gasteiger partial charge in [-0.15, -0.1) is 0 Å². The van der Waals surface area contributed by atoms with Crippen molar-refractivity contribution < 1.29 is 9.47 Å². The van der Waals surface area contributed by atoms with Crippen LogP contribution in [0.3, 0.4) is 0 Å². The minimum atomic E-state index is 0.359. The predicted molar refractivity (Wildman–Crippen MR) is 88.9 cm³/mol. The lowest BCUT2D eigenvalue weighted by atomic mass is 10.0. The molecule has 1 aromatic rings. The summed E-state index contributed by atoms with van der Waals surface area (Å²) in [5, 5.41) is 3.58. The van der Waals surface area contributed by atoms with Crippen molar-refractivity contribution >= 4 is 0 Å². The van der Waals surface area contributed by atoms with Crippen molar-refractivity contribution in [3.63, 3.8) is 0 Å². The first-order chi connectivity index (χ1) is 10.2. The van der Waals surface area contributed by atoms with Gasteiger partial charge in [-0.3, -0.25) is 0 Å². The molecule has 0 spiro atoms. The average Bonchev–Trinajstić information content (AvgIpc) is 2.48. The molecule has 120 valence electrons. The molecule has 21 heavy (non-hydrogen) atoms. The molecule has 0 bridgehead atoms. The Kier molecular flexibility index (Phi) is 9.11. The Morgan fingerprint density at radius 1 is 1.10 bits per heavy atom. The van der Waals surface area contributed by atoms with Crippen LogP contribution >= 0.6 is 0 Å². The van der Waals surface area contributed by atoms with Gasteiger partial charge in [-0.25, -0.2) is 0 Å². The monoisotopic (exact) mass is 293 g/mol. The van der Waals surface area contributed by atoms with Crippen LogP contribution < -0.4 is 10.1 Å². The number of benzene rings is 1.